The molecule has 3 heterocycles. The van der Waals surface area contributed by atoms with Gasteiger partial charge in [-0.1, -0.05) is 0 Å². The molecule has 0 aromatic heterocycles. The SMILES string of the molecule is COc1cc(C)c(-c2cc3c4c(c2)[C@@H]2CN(C(=O)OC(C)(C)C)CC[C@@H]2N4CC3)cc1F. The van der Waals surface area contributed by atoms with Gasteiger partial charge in [0.2, 0.25) is 0 Å². The highest BCUT2D eigenvalue weighted by atomic mass is 19.1. The van der Waals surface area contributed by atoms with Gasteiger partial charge in [0.15, 0.2) is 11.6 Å². The van der Waals surface area contributed by atoms with Gasteiger partial charge in [0.05, 0.1) is 7.11 Å². The van der Waals surface area contributed by atoms with Crippen LogP contribution in [0.5, 0.6) is 5.75 Å². The number of carbonyl (C=O) groups is 1. The normalized spacial score (nSPS) is 21.4. The van der Waals surface area contributed by atoms with E-state index < -0.39 is 5.60 Å². The van der Waals surface area contributed by atoms with Crippen molar-refractivity contribution in [1.29, 1.82) is 0 Å². The molecule has 2 aromatic carbocycles. The van der Waals surface area contributed by atoms with Crippen LogP contribution in [0.25, 0.3) is 11.1 Å². The van der Waals surface area contributed by atoms with Crippen molar-refractivity contribution < 1.29 is 18.7 Å². The van der Waals surface area contributed by atoms with E-state index in [1.54, 1.807) is 12.1 Å². The molecule has 0 spiro atoms. The van der Waals surface area contributed by atoms with Crippen LogP contribution in [0.4, 0.5) is 14.9 Å². The molecule has 170 valence electrons. The zero-order valence-corrected chi connectivity index (χ0v) is 19.5. The van der Waals surface area contributed by atoms with Crippen molar-refractivity contribution in [2.24, 2.45) is 0 Å². The van der Waals surface area contributed by atoms with Gasteiger partial charge >= 0.3 is 6.09 Å². The Hall–Kier alpha value is -2.76. The minimum absolute atomic E-state index is 0.238. The predicted molar refractivity (Wildman–Crippen MR) is 123 cm³/mol. The van der Waals surface area contributed by atoms with Crippen LogP contribution in [0, 0.1) is 12.7 Å². The number of likely N-dealkylation sites (tertiary alicyclic amines) is 1. The van der Waals surface area contributed by atoms with Crippen LogP contribution in [0.3, 0.4) is 0 Å². The number of anilines is 1. The van der Waals surface area contributed by atoms with Crippen molar-refractivity contribution in [3.05, 3.63) is 46.8 Å². The lowest BCUT2D eigenvalue weighted by atomic mass is 9.85. The number of benzene rings is 2. The first-order valence-corrected chi connectivity index (χ1v) is 11.4. The van der Waals surface area contributed by atoms with Gasteiger partial charge in [-0.25, -0.2) is 9.18 Å². The maximum absolute atomic E-state index is 14.5. The summed E-state index contributed by atoms with van der Waals surface area (Å²) in [6.07, 6.45) is 1.70. The molecule has 0 radical (unpaired) electrons. The molecule has 0 aliphatic carbocycles. The number of rotatable bonds is 2. The molecule has 3 aliphatic heterocycles. The summed E-state index contributed by atoms with van der Waals surface area (Å²) in [5.74, 6) is 0.162. The molecule has 3 aliphatic rings. The lowest BCUT2D eigenvalue weighted by molar-refractivity contribution is 0.0189. The molecule has 0 unspecified atom stereocenters. The topological polar surface area (TPSA) is 42.0 Å². The van der Waals surface area contributed by atoms with Crippen LogP contribution in [0.15, 0.2) is 24.3 Å². The van der Waals surface area contributed by atoms with E-state index in [1.807, 2.05) is 32.6 Å². The molecule has 5 nitrogen and oxygen atoms in total. The zero-order valence-electron chi connectivity index (χ0n) is 19.5. The Labute approximate surface area is 189 Å². The van der Waals surface area contributed by atoms with E-state index in [1.165, 1.54) is 23.9 Å². The Morgan fingerprint density at radius 1 is 1.16 bits per heavy atom. The fraction of sp³-hybridized carbons (Fsp3) is 0.500. The van der Waals surface area contributed by atoms with Crippen molar-refractivity contribution in [2.75, 3.05) is 31.6 Å². The van der Waals surface area contributed by atoms with Crippen LogP contribution in [-0.2, 0) is 11.2 Å². The number of aryl methyl sites for hydroxylation is 1. The second-order valence-electron chi connectivity index (χ2n) is 10.2. The quantitative estimate of drug-likeness (QED) is 0.640. The summed E-state index contributed by atoms with van der Waals surface area (Å²) in [4.78, 5) is 17.1. The number of ether oxygens (including phenoxy) is 2. The second-order valence-corrected chi connectivity index (χ2v) is 10.2. The van der Waals surface area contributed by atoms with E-state index in [-0.39, 0.29) is 23.6 Å². The van der Waals surface area contributed by atoms with E-state index in [9.17, 15) is 9.18 Å². The molecule has 2 aromatic rings. The lowest BCUT2D eigenvalue weighted by Crippen LogP contribution is -2.49. The van der Waals surface area contributed by atoms with Crippen molar-refractivity contribution >= 4 is 11.8 Å². The maximum Gasteiger partial charge on any atom is 0.410 e. The fourth-order valence-electron chi connectivity index (χ4n) is 5.62. The van der Waals surface area contributed by atoms with Crippen molar-refractivity contribution in [1.82, 2.24) is 4.90 Å². The Morgan fingerprint density at radius 3 is 2.66 bits per heavy atom. The Kier molecular flexibility index (Phi) is 4.88. The van der Waals surface area contributed by atoms with Crippen molar-refractivity contribution in [3.8, 4) is 16.9 Å². The van der Waals surface area contributed by atoms with E-state index in [4.69, 9.17) is 9.47 Å². The first-order chi connectivity index (χ1) is 15.2. The molecule has 6 heteroatoms. The van der Waals surface area contributed by atoms with E-state index in [0.29, 0.717) is 19.1 Å². The fourth-order valence-corrected chi connectivity index (χ4v) is 5.62. The van der Waals surface area contributed by atoms with Crippen molar-refractivity contribution in [3.63, 3.8) is 0 Å². The Balaban J connectivity index is 1.51. The number of carbonyl (C=O) groups excluding carboxylic acids is 1. The van der Waals surface area contributed by atoms with E-state index in [2.05, 4.69) is 17.0 Å². The van der Waals surface area contributed by atoms with Gasteiger partial charge in [0.1, 0.15) is 5.60 Å². The number of hydrogen-bond acceptors (Lipinski definition) is 4. The number of piperidine rings is 1. The van der Waals surface area contributed by atoms with Gasteiger partial charge in [0.25, 0.3) is 0 Å². The van der Waals surface area contributed by atoms with Crippen LogP contribution < -0.4 is 9.64 Å². The lowest BCUT2D eigenvalue weighted by Gasteiger charge is -2.38. The highest BCUT2D eigenvalue weighted by Crippen LogP contribution is 2.51. The number of fused-ring (bicyclic) bond motifs is 3. The minimum atomic E-state index is -0.505. The summed E-state index contributed by atoms with van der Waals surface area (Å²) >= 11 is 0. The zero-order chi connectivity index (χ0) is 22.8. The second kappa shape index (κ2) is 7.39. The standard InChI is InChI=1S/C26H31FN2O3/c1-15-10-23(31-5)21(27)13-18(15)17-11-16-6-9-29-22-7-8-28(25(30)32-26(2,3)4)14-20(22)19(12-17)24(16)29/h10-13,20,22H,6-9,14H2,1-5H3/t20-,22-/m0/s1. The smallest absolute Gasteiger partial charge is 0.410 e. The van der Waals surface area contributed by atoms with E-state index in [0.717, 1.165) is 36.1 Å². The molecule has 1 saturated heterocycles. The third-order valence-electron chi connectivity index (χ3n) is 6.97. The molecule has 2 atom stereocenters. The minimum Gasteiger partial charge on any atom is -0.494 e. The van der Waals surface area contributed by atoms with Gasteiger partial charge < -0.3 is 19.3 Å². The van der Waals surface area contributed by atoms with Crippen molar-refractivity contribution in [2.45, 2.75) is 58.1 Å². The number of halogens is 1. The molecule has 5 rings (SSSR count). The molecule has 1 fully saturated rings. The average molecular weight is 439 g/mol. The molecule has 32 heavy (non-hydrogen) atoms. The van der Waals surface area contributed by atoms with Gasteiger partial charge in [-0.2, -0.15) is 0 Å². The Bertz CT molecular complexity index is 1090. The van der Waals surface area contributed by atoms with E-state index >= 15 is 0 Å². The van der Waals surface area contributed by atoms with Gasteiger partial charge in [0, 0.05) is 37.3 Å². The largest absolute Gasteiger partial charge is 0.494 e. The third kappa shape index (κ3) is 3.40. The van der Waals surface area contributed by atoms with Crippen LogP contribution in [0.1, 0.15) is 49.8 Å². The summed E-state index contributed by atoms with van der Waals surface area (Å²) in [5, 5.41) is 0. The average Bonchev–Trinajstić information content (AvgIpc) is 3.30. The van der Waals surface area contributed by atoms with Crippen LogP contribution in [-0.4, -0.2) is 49.4 Å². The van der Waals surface area contributed by atoms with Gasteiger partial charge in [-0.15, -0.1) is 0 Å². The van der Waals surface area contributed by atoms with Gasteiger partial charge in [-0.05, 0) is 92.6 Å². The molecule has 0 bridgehead atoms. The third-order valence-corrected chi connectivity index (χ3v) is 6.97. The van der Waals surface area contributed by atoms with Crippen LogP contribution >= 0.6 is 0 Å². The maximum atomic E-state index is 14.5. The Morgan fingerprint density at radius 2 is 1.94 bits per heavy atom. The highest BCUT2D eigenvalue weighted by molar-refractivity contribution is 5.79. The first-order valence-electron chi connectivity index (χ1n) is 11.4. The first kappa shape index (κ1) is 21.1. The highest BCUT2D eigenvalue weighted by Gasteiger charge is 2.46. The molecule has 0 saturated carbocycles. The predicted octanol–water partition coefficient (Wildman–Crippen LogP) is 5.28. The monoisotopic (exact) mass is 438 g/mol. The summed E-state index contributed by atoms with van der Waals surface area (Å²) < 4.78 is 25.3. The number of hydrogen-bond donors (Lipinski definition) is 0. The molecule has 0 N–H and O–H groups in total. The summed E-state index contributed by atoms with van der Waals surface area (Å²) in [5.41, 5.74) is 6.35. The summed E-state index contributed by atoms with van der Waals surface area (Å²) in [7, 11) is 1.49. The summed E-state index contributed by atoms with van der Waals surface area (Å²) in [6.45, 7) is 10.1. The molecular formula is C26H31FN2O3. The number of methoxy groups -OCH3 is 1. The molecular weight excluding hydrogens is 407 g/mol. The number of amides is 1. The molecule has 1 amide bonds. The number of nitrogens with zero attached hydrogens (tertiary/aromatic N) is 2. The van der Waals surface area contributed by atoms with Crippen LogP contribution in [0.2, 0.25) is 0 Å². The van der Waals surface area contributed by atoms with Gasteiger partial charge in [-0.3, -0.25) is 0 Å². The summed E-state index contributed by atoms with van der Waals surface area (Å²) in [6, 6.07) is 8.19.